The van der Waals surface area contributed by atoms with Crippen molar-refractivity contribution in [1.82, 2.24) is 14.5 Å². The summed E-state index contributed by atoms with van der Waals surface area (Å²) in [4.78, 5) is 28.3. The number of carbonyl (C=O) groups excluding carboxylic acids is 1. The summed E-state index contributed by atoms with van der Waals surface area (Å²) in [5, 5.41) is 0. The first-order chi connectivity index (χ1) is 11.8. The molecule has 0 atom stereocenters. The average molecular weight is 353 g/mol. The Morgan fingerprint density at radius 3 is 2.32 bits per heavy atom. The van der Waals surface area contributed by atoms with Crippen LogP contribution in [0, 0.1) is 0 Å². The number of rotatable bonds is 3. The molecule has 1 aliphatic rings. The lowest BCUT2D eigenvalue weighted by Gasteiger charge is -2.32. The van der Waals surface area contributed by atoms with Crippen LogP contribution < -0.4 is 5.69 Å². The molecule has 0 spiro atoms. The molecule has 2 aromatic rings. The highest BCUT2D eigenvalue weighted by atomic mass is 19.4. The Balaban J connectivity index is 1.56. The fraction of sp³-hybridized carbons (Fsp3) is 0.412. The number of halogens is 3. The molecule has 0 aliphatic carbocycles. The van der Waals surface area contributed by atoms with Crippen LogP contribution in [0.3, 0.4) is 0 Å². The molecular weight excluding hydrogens is 335 g/mol. The smallest absolute Gasteiger partial charge is 0.342 e. The molecule has 1 aromatic heterocycles. The van der Waals surface area contributed by atoms with Crippen molar-refractivity contribution in [3.63, 3.8) is 0 Å². The van der Waals surface area contributed by atoms with Gasteiger partial charge in [0.1, 0.15) is 0 Å². The highest BCUT2D eigenvalue weighted by molar-refractivity contribution is 5.78. The minimum atomic E-state index is -4.37. The molecular formula is C17H18F3N3O2. The second-order valence-electron chi connectivity index (χ2n) is 6.16. The SMILES string of the molecule is O=C(Cc1ccc(C(F)(F)F)cc1)N1CCC(n2cc[nH]c2=O)CC1. The number of likely N-dealkylation sites (tertiary alicyclic amines) is 1. The Bertz CT molecular complexity index is 784. The zero-order chi connectivity index (χ0) is 18.0. The van der Waals surface area contributed by atoms with Crippen molar-refractivity contribution in [2.75, 3.05) is 13.1 Å². The minimum Gasteiger partial charge on any atom is -0.342 e. The third kappa shape index (κ3) is 3.94. The van der Waals surface area contributed by atoms with Crippen LogP contribution in [-0.4, -0.2) is 33.4 Å². The van der Waals surface area contributed by atoms with Crippen LogP contribution in [0.2, 0.25) is 0 Å². The van der Waals surface area contributed by atoms with Crippen molar-refractivity contribution < 1.29 is 18.0 Å². The standard InChI is InChI=1S/C17H18F3N3O2/c18-17(19,20)13-3-1-12(2-4-13)11-15(24)22-8-5-14(6-9-22)23-10-7-21-16(23)25/h1-4,7,10,14H,5-6,8-9,11H2,(H,21,25). The molecule has 1 fully saturated rings. The quantitative estimate of drug-likeness (QED) is 0.922. The monoisotopic (exact) mass is 353 g/mol. The molecule has 0 bridgehead atoms. The molecule has 2 heterocycles. The van der Waals surface area contributed by atoms with Gasteiger partial charge >= 0.3 is 11.9 Å². The first kappa shape index (κ1) is 17.3. The Morgan fingerprint density at radius 2 is 1.80 bits per heavy atom. The number of H-pyrrole nitrogens is 1. The molecule has 8 heteroatoms. The van der Waals surface area contributed by atoms with E-state index in [0.29, 0.717) is 31.5 Å². The number of nitrogens with one attached hydrogen (secondary N) is 1. The van der Waals surface area contributed by atoms with Crippen molar-refractivity contribution >= 4 is 5.91 Å². The predicted octanol–water partition coefficient (Wildman–Crippen LogP) is 2.60. The second-order valence-corrected chi connectivity index (χ2v) is 6.16. The van der Waals surface area contributed by atoms with E-state index in [1.54, 1.807) is 21.9 Å². The summed E-state index contributed by atoms with van der Waals surface area (Å²) in [5.41, 5.74) is -0.321. The lowest BCUT2D eigenvalue weighted by molar-refractivity contribution is -0.137. The molecule has 5 nitrogen and oxygen atoms in total. The summed E-state index contributed by atoms with van der Waals surface area (Å²) < 4.78 is 39.3. The van der Waals surface area contributed by atoms with Gasteiger partial charge in [0.15, 0.2) is 0 Å². The van der Waals surface area contributed by atoms with E-state index in [4.69, 9.17) is 0 Å². The lowest BCUT2D eigenvalue weighted by Crippen LogP contribution is -2.41. The van der Waals surface area contributed by atoms with Crippen LogP contribution in [-0.2, 0) is 17.4 Å². The maximum absolute atomic E-state index is 12.6. The number of amides is 1. The van der Waals surface area contributed by atoms with E-state index < -0.39 is 11.7 Å². The van der Waals surface area contributed by atoms with Crippen molar-refractivity contribution in [3.8, 4) is 0 Å². The maximum Gasteiger partial charge on any atom is 0.416 e. The molecule has 1 aliphatic heterocycles. The van der Waals surface area contributed by atoms with Gasteiger partial charge in [0.25, 0.3) is 0 Å². The summed E-state index contributed by atoms with van der Waals surface area (Å²) in [6.45, 7) is 1.06. The summed E-state index contributed by atoms with van der Waals surface area (Å²) in [5.74, 6) is -0.111. The lowest BCUT2D eigenvalue weighted by atomic mass is 10.0. The van der Waals surface area contributed by atoms with E-state index in [0.717, 1.165) is 12.1 Å². The Hall–Kier alpha value is -2.51. The molecule has 1 amide bonds. The molecule has 1 aromatic carbocycles. The van der Waals surface area contributed by atoms with Crippen LogP contribution in [0.5, 0.6) is 0 Å². The van der Waals surface area contributed by atoms with E-state index in [2.05, 4.69) is 4.98 Å². The highest BCUT2D eigenvalue weighted by Gasteiger charge is 2.30. The largest absolute Gasteiger partial charge is 0.416 e. The van der Waals surface area contributed by atoms with Crippen molar-refractivity contribution in [2.24, 2.45) is 0 Å². The van der Waals surface area contributed by atoms with Gasteiger partial charge in [-0.2, -0.15) is 13.2 Å². The third-order valence-electron chi connectivity index (χ3n) is 4.52. The number of aromatic amines is 1. The topological polar surface area (TPSA) is 58.1 Å². The summed E-state index contributed by atoms with van der Waals surface area (Å²) in [6.07, 6.45) is 0.345. The Morgan fingerprint density at radius 1 is 1.16 bits per heavy atom. The van der Waals surface area contributed by atoms with Crippen molar-refractivity contribution in [3.05, 3.63) is 58.3 Å². The number of carbonyl (C=O) groups is 1. The van der Waals surface area contributed by atoms with Crippen molar-refractivity contribution in [2.45, 2.75) is 31.5 Å². The van der Waals surface area contributed by atoms with Gasteiger partial charge in [0, 0.05) is 31.5 Å². The van der Waals surface area contributed by atoms with E-state index in [9.17, 15) is 22.8 Å². The molecule has 25 heavy (non-hydrogen) atoms. The predicted molar refractivity (Wildman–Crippen MR) is 85.1 cm³/mol. The van der Waals surface area contributed by atoms with Crippen LogP contribution in [0.25, 0.3) is 0 Å². The molecule has 134 valence electrons. The fourth-order valence-electron chi connectivity index (χ4n) is 3.11. The van der Waals surface area contributed by atoms with Crippen LogP contribution >= 0.6 is 0 Å². The summed E-state index contributed by atoms with van der Waals surface area (Å²) in [6, 6.07) is 4.73. The summed E-state index contributed by atoms with van der Waals surface area (Å²) in [7, 11) is 0. The van der Waals surface area contributed by atoms with Gasteiger partial charge in [0.05, 0.1) is 12.0 Å². The van der Waals surface area contributed by atoms with E-state index in [1.165, 1.54) is 12.1 Å². The second kappa shape index (κ2) is 6.78. The first-order valence-electron chi connectivity index (χ1n) is 8.04. The van der Waals surface area contributed by atoms with Crippen LogP contribution in [0.1, 0.15) is 30.0 Å². The van der Waals surface area contributed by atoms with Crippen LogP contribution in [0.4, 0.5) is 13.2 Å². The molecule has 3 rings (SSSR count). The average Bonchev–Trinajstić information content (AvgIpc) is 3.01. The molecule has 0 radical (unpaired) electrons. The Kier molecular flexibility index (Phi) is 4.69. The van der Waals surface area contributed by atoms with Gasteiger partial charge in [-0.3, -0.25) is 9.36 Å². The number of nitrogens with zero attached hydrogens (tertiary/aromatic N) is 2. The van der Waals surface area contributed by atoms with Crippen molar-refractivity contribution in [1.29, 1.82) is 0 Å². The number of hydrogen-bond acceptors (Lipinski definition) is 2. The first-order valence-corrected chi connectivity index (χ1v) is 8.04. The zero-order valence-electron chi connectivity index (χ0n) is 13.4. The van der Waals surface area contributed by atoms with Gasteiger partial charge in [0.2, 0.25) is 5.91 Å². The van der Waals surface area contributed by atoms with E-state index >= 15 is 0 Å². The van der Waals surface area contributed by atoms with E-state index in [-0.39, 0.29) is 24.1 Å². The zero-order valence-corrected chi connectivity index (χ0v) is 13.4. The highest BCUT2D eigenvalue weighted by Crippen LogP contribution is 2.29. The molecule has 1 N–H and O–H groups in total. The third-order valence-corrected chi connectivity index (χ3v) is 4.52. The van der Waals surface area contributed by atoms with Gasteiger partial charge in [-0.1, -0.05) is 12.1 Å². The minimum absolute atomic E-state index is 0.0638. The molecule has 1 saturated heterocycles. The van der Waals surface area contributed by atoms with Gasteiger partial charge < -0.3 is 9.88 Å². The fourth-order valence-corrected chi connectivity index (χ4v) is 3.11. The molecule has 0 saturated carbocycles. The van der Waals surface area contributed by atoms with Gasteiger partial charge in [-0.25, -0.2) is 4.79 Å². The maximum atomic E-state index is 12.6. The van der Waals surface area contributed by atoms with Gasteiger partial charge in [-0.05, 0) is 30.5 Å². The van der Waals surface area contributed by atoms with E-state index in [1.807, 2.05) is 0 Å². The number of aromatic nitrogens is 2. The number of piperidine rings is 1. The number of hydrogen-bond donors (Lipinski definition) is 1. The number of alkyl halides is 3. The normalized spacial score (nSPS) is 16.2. The number of benzene rings is 1. The Labute approximate surface area is 142 Å². The number of imidazole rings is 1. The molecule has 0 unspecified atom stereocenters. The van der Waals surface area contributed by atoms with Gasteiger partial charge in [-0.15, -0.1) is 0 Å². The summed E-state index contributed by atoms with van der Waals surface area (Å²) >= 11 is 0. The van der Waals surface area contributed by atoms with Crippen LogP contribution in [0.15, 0.2) is 41.5 Å².